The van der Waals surface area contributed by atoms with Gasteiger partial charge in [-0.2, -0.15) is 0 Å². The van der Waals surface area contributed by atoms with Crippen LogP contribution in [-0.2, 0) is 0 Å². The average Bonchev–Trinajstić information content (AvgIpc) is 1.80. The first kappa shape index (κ1) is 7.03. The lowest BCUT2D eigenvalue weighted by Gasteiger charge is -2.28. The van der Waals surface area contributed by atoms with Gasteiger partial charge in [0.1, 0.15) is 0 Å². The maximum absolute atomic E-state index is 9.17. The van der Waals surface area contributed by atoms with Crippen LogP contribution < -0.4 is 5.73 Å². The van der Waals surface area contributed by atoms with Gasteiger partial charge in [0.15, 0.2) is 0 Å². The minimum absolute atomic E-state index is 0.0359. The topological polar surface area (TPSA) is 46.2 Å². The molecule has 0 radical (unpaired) electrons. The summed E-state index contributed by atoms with van der Waals surface area (Å²) in [6, 6.07) is 0.0359. The highest BCUT2D eigenvalue weighted by Gasteiger charge is 2.23. The Labute approximate surface area is 56.1 Å². The zero-order chi connectivity index (χ0) is 6.85. The zero-order valence-electron chi connectivity index (χ0n) is 5.88. The SMILES string of the molecule is C[C@@H]1CC[C@H](O)C(N)C1. The quantitative estimate of drug-likeness (QED) is 0.500. The Morgan fingerprint density at radius 2 is 2.11 bits per heavy atom. The number of aliphatic hydroxyl groups excluding tert-OH is 1. The molecule has 2 heteroatoms. The number of aliphatic hydroxyl groups is 1. The van der Waals surface area contributed by atoms with E-state index in [1.807, 2.05) is 0 Å². The zero-order valence-corrected chi connectivity index (χ0v) is 5.88. The van der Waals surface area contributed by atoms with Gasteiger partial charge in [0.25, 0.3) is 0 Å². The highest BCUT2D eigenvalue weighted by atomic mass is 16.3. The molecule has 1 unspecified atom stereocenters. The van der Waals surface area contributed by atoms with Crippen LogP contribution in [0.4, 0.5) is 0 Å². The van der Waals surface area contributed by atoms with Crippen molar-refractivity contribution in [2.24, 2.45) is 11.7 Å². The molecule has 3 atom stereocenters. The van der Waals surface area contributed by atoms with Gasteiger partial charge in [0, 0.05) is 6.04 Å². The number of nitrogens with two attached hydrogens (primary N) is 1. The van der Waals surface area contributed by atoms with Crippen molar-refractivity contribution in [3.63, 3.8) is 0 Å². The van der Waals surface area contributed by atoms with Crippen LogP contribution in [0.3, 0.4) is 0 Å². The fourth-order valence-corrected chi connectivity index (χ4v) is 1.41. The van der Waals surface area contributed by atoms with E-state index >= 15 is 0 Å². The highest BCUT2D eigenvalue weighted by molar-refractivity contribution is 4.79. The molecule has 0 aromatic rings. The van der Waals surface area contributed by atoms with Gasteiger partial charge in [0.2, 0.25) is 0 Å². The van der Waals surface area contributed by atoms with E-state index in [0.29, 0.717) is 5.92 Å². The first-order valence-corrected chi connectivity index (χ1v) is 3.64. The molecule has 0 bridgehead atoms. The van der Waals surface area contributed by atoms with Crippen molar-refractivity contribution in [2.75, 3.05) is 0 Å². The first-order chi connectivity index (χ1) is 4.20. The van der Waals surface area contributed by atoms with Crippen molar-refractivity contribution in [1.29, 1.82) is 0 Å². The maximum atomic E-state index is 9.17. The summed E-state index contributed by atoms with van der Waals surface area (Å²) in [7, 11) is 0. The van der Waals surface area contributed by atoms with Gasteiger partial charge in [-0.05, 0) is 25.2 Å². The van der Waals surface area contributed by atoms with Crippen LogP contribution >= 0.6 is 0 Å². The molecule has 0 amide bonds. The van der Waals surface area contributed by atoms with Crippen LogP contribution in [0.5, 0.6) is 0 Å². The molecule has 0 heterocycles. The molecular weight excluding hydrogens is 114 g/mol. The van der Waals surface area contributed by atoms with Crippen LogP contribution in [0.1, 0.15) is 26.2 Å². The van der Waals surface area contributed by atoms with Gasteiger partial charge in [-0.25, -0.2) is 0 Å². The molecule has 0 aromatic carbocycles. The molecule has 1 aliphatic rings. The molecule has 3 N–H and O–H groups in total. The van der Waals surface area contributed by atoms with Gasteiger partial charge in [-0.3, -0.25) is 0 Å². The van der Waals surface area contributed by atoms with Crippen molar-refractivity contribution >= 4 is 0 Å². The van der Waals surface area contributed by atoms with Crippen LogP contribution in [0.15, 0.2) is 0 Å². The molecule has 0 aliphatic heterocycles. The van der Waals surface area contributed by atoms with E-state index in [1.165, 1.54) is 0 Å². The molecule has 1 aliphatic carbocycles. The number of hydrogen-bond donors (Lipinski definition) is 2. The lowest BCUT2D eigenvalue weighted by Crippen LogP contribution is -2.39. The third-order valence-electron chi connectivity index (χ3n) is 2.12. The molecular formula is C7H15NO. The summed E-state index contributed by atoms with van der Waals surface area (Å²) in [5, 5.41) is 9.17. The molecule has 0 saturated heterocycles. The second kappa shape index (κ2) is 2.67. The lowest BCUT2D eigenvalue weighted by atomic mass is 9.86. The largest absolute Gasteiger partial charge is 0.392 e. The summed E-state index contributed by atoms with van der Waals surface area (Å²) in [6.07, 6.45) is 2.78. The summed E-state index contributed by atoms with van der Waals surface area (Å²) in [5.41, 5.74) is 5.62. The Hall–Kier alpha value is -0.0800. The standard InChI is InChI=1S/C7H15NO/c1-5-2-3-7(9)6(8)4-5/h5-7,9H,2-4,8H2,1H3/t5-,6?,7+/m1/s1. The smallest absolute Gasteiger partial charge is 0.0691 e. The Morgan fingerprint density at radius 3 is 2.56 bits per heavy atom. The maximum Gasteiger partial charge on any atom is 0.0691 e. The van der Waals surface area contributed by atoms with Crippen molar-refractivity contribution in [1.82, 2.24) is 0 Å². The van der Waals surface area contributed by atoms with E-state index in [-0.39, 0.29) is 12.1 Å². The summed E-state index contributed by atoms with van der Waals surface area (Å²) in [6.45, 7) is 2.19. The molecule has 0 aromatic heterocycles. The Kier molecular flexibility index (Phi) is 2.09. The average molecular weight is 129 g/mol. The van der Waals surface area contributed by atoms with Gasteiger partial charge in [-0.15, -0.1) is 0 Å². The van der Waals surface area contributed by atoms with Crippen molar-refractivity contribution in [3.8, 4) is 0 Å². The monoisotopic (exact) mass is 129 g/mol. The Balaban J connectivity index is 2.35. The van der Waals surface area contributed by atoms with Crippen LogP contribution in [-0.4, -0.2) is 17.3 Å². The molecule has 1 fully saturated rings. The van der Waals surface area contributed by atoms with E-state index < -0.39 is 0 Å². The lowest BCUT2D eigenvalue weighted by molar-refractivity contribution is 0.0906. The van der Waals surface area contributed by atoms with Crippen LogP contribution in [0.25, 0.3) is 0 Å². The fraction of sp³-hybridized carbons (Fsp3) is 1.00. The van der Waals surface area contributed by atoms with E-state index in [2.05, 4.69) is 6.92 Å². The highest BCUT2D eigenvalue weighted by Crippen LogP contribution is 2.22. The van der Waals surface area contributed by atoms with Crippen molar-refractivity contribution in [2.45, 2.75) is 38.3 Å². The van der Waals surface area contributed by atoms with Crippen LogP contribution in [0.2, 0.25) is 0 Å². The summed E-state index contributed by atoms with van der Waals surface area (Å²) >= 11 is 0. The van der Waals surface area contributed by atoms with E-state index in [1.54, 1.807) is 0 Å². The molecule has 54 valence electrons. The molecule has 1 rings (SSSR count). The molecule has 2 nitrogen and oxygen atoms in total. The second-order valence-corrected chi connectivity index (χ2v) is 3.15. The second-order valence-electron chi connectivity index (χ2n) is 3.15. The van der Waals surface area contributed by atoms with E-state index in [9.17, 15) is 5.11 Å². The molecule has 9 heavy (non-hydrogen) atoms. The summed E-state index contributed by atoms with van der Waals surface area (Å²) < 4.78 is 0. The van der Waals surface area contributed by atoms with Gasteiger partial charge < -0.3 is 10.8 Å². The first-order valence-electron chi connectivity index (χ1n) is 3.64. The number of rotatable bonds is 0. The summed E-state index contributed by atoms with van der Waals surface area (Å²) in [5.74, 6) is 0.711. The normalized spacial score (nSPS) is 45.0. The van der Waals surface area contributed by atoms with E-state index in [4.69, 9.17) is 5.73 Å². The third kappa shape index (κ3) is 1.66. The van der Waals surface area contributed by atoms with Crippen molar-refractivity contribution in [3.05, 3.63) is 0 Å². The van der Waals surface area contributed by atoms with Crippen LogP contribution in [0, 0.1) is 5.92 Å². The molecule has 1 saturated carbocycles. The van der Waals surface area contributed by atoms with Crippen molar-refractivity contribution < 1.29 is 5.11 Å². The van der Waals surface area contributed by atoms with E-state index in [0.717, 1.165) is 19.3 Å². The third-order valence-corrected chi connectivity index (χ3v) is 2.12. The predicted molar refractivity (Wildman–Crippen MR) is 37.0 cm³/mol. The van der Waals surface area contributed by atoms with Gasteiger partial charge in [-0.1, -0.05) is 6.92 Å². The molecule has 0 spiro atoms. The minimum atomic E-state index is -0.235. The minimum Gasteiger partial charge on any atom is -0.392 e. The number of hydrogen-bond acceptors (Lipinski definition) is 2. The van der Waals surface area contributed by atoms with Gasteiger partial charge >= 0.3 is 0 Å². The predicted octanol–water partition coefficient (Wildman–Crippen LogP) is 0.495. The Bertz CT molecular complexity index is 94.9. The summed E-state index contributed by atoms with van der Waals surface area (Å²) in [4.78, 5) is 0. The Morgan fingerprint density at radius 1 is 1.44 bits per heavy atom. The van der Waals surface area contributed by atoms with Gasteiger partial charge in [0.05, 0.1) is 6.10 Å². The fourth-order valence-electron chi connectivity index (χ4n) is 1.41.